The molecule has 2 aromatic rings. The van der Waals surface area contributed by atoms with Crippen LogP contribution in [0.3, 0.4) is 0 Å². The number of nitrogens with zero attached hydrogens (tertiary/aromatic N) is 1. The smallest absolute Gasteiger partial charge is 0.242 e. The molecule has 0 unspecified atom stereocenters. The van der Waals surface area contributed by atoms with Crippen molar-refractivity contribution >= 4 is 35.0 Å². The van der Waals surface area contributed by atoms with E-state index in [9.17, 15) is 9.59 Å². The summed E-state index contributed by atoms with van der Waals surface area (Å²) in [5, 5.41) is 3.62. The molecule has 0 bridgehead atoms. The number of carbonyl (C=O) groups excluding carboxylic acids is 2. The minimum atomic E-state index is -0.632. The number of ether oxygens (including phenoxy) is 2. The van der Waals surface area contributed by atoms with Gasteiger partial charge in [0.1, 0.15) is 6.04 Å². The lowest BCUT2D eigenvalue weighted by molar-refractivity contribution is -0.140. The molecule has 2 rings (SSSR count). The number of carbonyl (C=O) groups is 2. The number of benzene rings is 2. The van der Waals surface area contributed by atoms with Gasteiger partial charge in [0, 0.05) is 19.5 Å². The second kappa shape index (κ2) is 11.8. The van der Waals surface area contributed by atoms with E-state index in [0.717, 1.165) is 11.1 Å². The maximum absolute atomic E-state index is 13.1. The molecule has 0 saturated heterocycles. The van der Waals surface area contributed by atoms with Crippen molar-refractivity contribution in [1.82, 2.24) is 10.2 Å². The Morgan fingerprint density at radius 1 is 1.00 bits per heavy atom. The molecule has 0 aliphatic heterocycles. The number of nitrogens with one attached hydrogen (secondary N) is 1. The van der Waals surface area contributed by atoms with Gasteiger partial charge in [-0.1, -0.05) is 35.3 Å². The van der Waals surface area contributed by atoms with E-state index in [1.165, 1.54) is 0 Å². The third-order valence-corrected chi connectivity index (χ3v) is 5.67. The van der Waals surface area contributed by atoms with E-state index >= 15 is 0 Å². The van der Waals surface area contributed by atoms with Gasteiger partial charge in [-0.3, -0.25) is 9.59 Å². The predicted molar refractivity (Wildman–Crippen MR) is 123 cm³/mol. The van der Waals surface area contributed by atoms with Crippen LogP contribution in [0.15, 0.2) is 36.4 Å². The fourth-order valence-electron chi connectivity index (χ4n) is 3.17. The molecule has 0 fully saturated rings. The molecule has 2 amide bonds. The molecule has 0 radical (unpaired) electrons. The van der Waals surface area contributed by atoms with Crippen molar-refractivity contribution in [3.8, 4) is 11.5 Å². The highest BCUT2D eigenvalue weighted by atomic mass is 35.5. The zero-order chi connectivity index (χ0) is 23.0. The van der Waals surface area contributed by atoms with Gasteiger partial charge in [-0.2, -0.15) is 0 Å². The fraction of sp³-hybridized carbons (Fsp3) is 0.391. The lowest BCUT2D eigenvalue weighted by Crippen LogP contribution is -2.47. The zero-order valence-corrected chi connectivity index (χ0v) is 19.7. The Kier molecular flexibility index (Phi) is 9.46. The van der Waals surface area contributed by atoms with Gasteiger partial charge in [0.25, 0.3) is 0 Å². The second-order valence-corrected chi connectivity index (χ2v) is 7.84. The molecular weight excluding hydrogens is 439 g/mol. The van der Waals surface area contributed by atoms with Gasteiger partial charge >= 0.3 is 0 Å². The van der Waals surface area contributed by atoms with Crippen LogP contribution in [-0.4, -0.2) is 43.5 Å². The van der Waals surface area contributed by atoms with Crippen molar-refractivity contribution in [2.24, 2.45) is 0 Å². The van der Waals surface area contributed by atoms with E-state index < -0.39 is 6.04 Å². The van der Waals surface area contributed by atoms with E-state index in [0.29, 0.717) is 34.5 Å². The molecule has 0 aliphatic rings. The number of hydrogen-bond donors (Lipinski definition) is 1. The molecule has 1 N–H and O–H groups in total. The van der Waals surface area contributed by atoms with Crippen molar-refractivity contribution in [2.45, 2.75) is 39.3 Å². The molecule has 0 saturated carbocycles. The lowest BCUT2D eigenvalue weighted by Gasteiger charge is -2.29. The Balaban J connectivity index is 2.18. The first-order valence-corrected chi connectivity index (χ1v) is 10.8. The lowest BCUT2D eigenvalue weighted by atomic mass is 10.1. The van der Waals surface area contributed by atoms with Crippen molar-refractivity contribution in [2.75, 3.05) is 20.8 Å². The predicted octanol–water partition coefficient (Wildman–Crippen LogP) is 4.50. The van der Waals surface area contributed by atoms with Crippen molar-refractivity contribution in [3.63, 3.8) is 0 Å². The summed E-state index contributed by atoms with van der Waals surface area (Å²) < 4.78 is 10.6. The highest BCUT2D eigenvalue weighted by Crippen LogP contribution is 2.28. The molecule has 2 aromatic carbocycles. The van der Waals surface area contributed by atoms with Gasteiger partial charge in [-0.05, 0) is 55.7 Å². The first-order valence-electron chi connectivity index (χ1n) is 10.0. The Labute approximate surface area is 193 Å². The number of hydrogen-bond acceptors (Lipinski definition) is 4. The molecule has 0 spiro atoms. The first-order chi connectivity index (χ1) is 14.8. The van der Waals surface area contributed by atoms with E-state index in [4.69, 9.17) is 32.7 Å². The van der Waals surface area contributed by atoms with Crippen LogP contribution in [0, 0.1) is 0 Å². The largest absolute Gasteiger partial charge is 0.493 e. The molecule has 6 nitrogen and oxygen atoms in total. The van der Waals surface area contributed by atoms with Crippen LogP contribution in [0.5, 0.6) is 11.5 Å². The number of rotatable bonds is 10. The molecule has 0 aromatic heterocycles. The normalized spacial score (nSPS) is 11.5. The summed E-state index contributed by atoms with van der Waals surface area (Å²) in [7, 11) is 3.14. The number of aryl methyl sites for hydroxylation is 1. The maximum atomic E-state index is 13.1. The third-order valence-electron chi connectivity index (χ3n) is 4.93. The van der Waals surface area contributed by atoms with Gasteiger partial charge in [-0.15, -0.1) is 0 Å². The van der Waals surface area contributed by atoms with Gasteiger partial charge in [0.15, 0.2) is 11.5 Å². The Morgan fingerprint density at radius 2 is 1.68 bits per heavy atom. The molecule has 168 valence electrons. The first kappa shape index (κ1) is 24.8. The third kappa shape index (κ3) is 6.77. The van der Waals surface area contributed by atoms with Crippen LogP contribution in [0.25, 0.3) is 0 Å². The Morgan fingerprint density at radius 3 is 2.29 bits per heavy atom. The second-order valence-electron chi connectivity index (χ2n) is 7.03. The molecule has 0 aliphatic carbocycles. The minimum Gasteiger partial charge on any atom is -0.493 e. The van der Waals surface area contributed by atoms with E-state index in [1.807, 2.05) is 25.1 Å². The summed E-state index contributed by atoms with van der Waals surface area (Å²) >= 11 is 12.1. The van der Waals surface area contributed by atoms with Gasteiger partial charge in [0.05, 0.1) is 24.3 Å². The van der Waals surface area contributed by atoms with Crippen LogP contribution in [0.4, 0.5) is 0 Å². The molecule has 8 heteroatoms. The number of likely N-dealkylation sites (N-methyl/N-ethyl adjacent to an activating group) is 1. The molecule has 31 heavy (non-hydrogen) atoms. The summed E-state index contributed by atoms with van der Waals surface area (Å²) in [6.07, 6.45) is 0.736. The summed E-state index contributed by atoms with van der Waals surface area (Å²) in [5.41, 5.74) is 1.73. The monoisotopic (exact) mass is 466 g/mol. The van der Waals surface area contributed by atoms with Crippen LogP contribution >= 0.6 is 23.2 Å². The summed E-state index contributed by atoms with van der Waals surface area (Å²) in [6.45, 7) is 4.30. The standard InChI is InChI=1S/C23H28Cl2N2O4/c1-5-26-23(29)15(2)27(14-17-6-9-18(24)19(25)12-17)22(28)11-8-16-7-10-20(30-3)21(13-16)31-4/h6-7,9-10,12-13,15H,5,8,11,14H2,1-4H3,(H,26,29)/t15-/m0/s1. The number of methoxy groups -OCH3 is 2. The summed E-state index contributed by atoms with van der Waals surface area (Å²) in [5.74, 6) is 0.890. The van der Waals surface area contributed by atoms with Crippen LogP contribution < -0.4 is 14.8 Å². The van der Waals surface area contributed by atoms with Crippen LogP contribution in [-0.2, 0) is 22.6 Å². The maximum Gasteiger partial charge on any atom is 0.242 e. The molecular formula is C23H28Cl2N2O4. The molecule has 1 atom stereocenters. The van der Waals surface area contributed by atoms with E-state index in [2.05, 4.69) is 5.32 Å². The quantitative estimate of drug-likeness (QED) is 0.559. The average Bonchev–Trinajstić information content (AvgIpc) is 2.77. The van der Waals surface area contributed by atoms with Crippen LogP contribution in [0.2, 0.25) is 10.0 Å². The van der Waals surface area contributed by atoms with Crippen LogP contribution in [0.1, 0.15) is 31.4 Å². The SMILES string of the molecule is CCNC(=O)[C@H](C)N(Cc1ccc(Cl)c(Cl)c1)C(=O)CCc1ccc(OC)c(OC)c1. The van der Waals surface area contributed by atoms with Gasteiger partial charge < -0.3 is 19.7 Å². The van der Waals surface area contributed by atoms with Gasteiger partial charge in [-0.25, -0.2) is 0 Å². The molecule has 0 heterocycles. The number of amides is 2. The summed E-state index contributed by atoms with van der Waals surface area (Å²) in [6, 6.07) is 10.1. The minimum absolute atomic E-state index is 0.139. The summed E-state index contributed by atoms with van der Waals surface area (Å²) in [4.78, 5) is 27.1. The van der Waals surface area contributed by atoms with E-state index in [-0.39, 0.29) is 24.8 Å². The Hall–Kier alpha value is -2.44. The average molecular weight is 467 g/mol. The van der Waals surface area contributed by atoms with E-state index in [1.54, 1.807) is 44.2 Å². The highest BCUT2D eigenvalue weighted by Gasteiger charge is 2.25. The van der Waals surface area contributed by atoms with Crippen molar-refractivity contribution in [3.05, 3.63) is 57.6 Å². The van der Waals surface area contributed by atoms with Crippen molar-refractivity contribution in [1.29, 1.82) is 0 Å². The Bertz CT molecular complexity index is 920. The zero-order valence-electron chi connectivity index (χ0n) is 18.2. The van der Waals surface area contributed by atoms with Crippen molar-refractivity contribution < 1.29 is 19.1 Å². The fourth-order valence-corrected chi connectivity index (χ4v) is 3.49. The topological polar surface area (TPSA) is 67.9 Å². The van der Waals surface area contributed by atoms with Gasteiger partial charge in [0.2, 0.25) is 11.8 Å². The highest BCUT2D eigenvalue weighted by molar-refractivity contribution is 6.42. The number of halogens is 2.